The van der Waals surface area contributed by atoms with E-state index in [0.29, 0.717) is 0 Å². The predicted octanol–water partition coefficient (Wildman–Crippen LogP) is 8.68. The molecule has 0 nitrogen and oxygen atoms in total. The molecule has 0 heterocycles. The molecule has 1 rings (SSSR count). The van der Waals surface area contributed by atoms with E-state index < -0.39 is 18.4 Å². The molecule has 0 unspecified atom stereocenters. The zero-order valence-corrected chi connectivity index (χ0v) is 20.3. The zero-order valence-electron chi connectivity index (χ0n) is 17.5. The van der Waals surface area contributed by atoms with Gasteiger partial charge in [0.25, 0.3) is 0 Å². The molecule has 0 spiro atoms. The first-order valence-corrected chi connectivity index (χ1v) is 18.9. The minimum atomic E-state index is -2.16. The summed E-state index contributed by atoms with van der Waals surface area (Å²) in [5.74, 6) is 1.02. The number of rotatable bonds is 14. The van der Waals surface area contributed by atoms with Crippen LogP contribution in [0, 0.1) is 5.92 Å². The van der Waals surface area contributed by atoms with Crippen LogP contribution in [0.1, 0.15) is 111 Å². The average Bonchev–Trinajstić information content (AvgIpc) is 3.13. The van der Waals surface area contributed by atoms with E-state index in [2.05, 4.69) is 37.4 Å². The maximum absolute atomic E-state index is 2.84. The van der Waals surface area contributed by atoms with Crippen molar-refractivity contribution in [3.8, 4) is 0 Å². The van der Waals surface area contributed by atoms with Crippen LogP contribution < -0.4 is 0 Å². The van der Waals surface area contributed by atoms with Crippen LogP contribution in [0.5, 0.6) is 0 Å². The van der Waals surface area contributed by atoms with Crippen molar-refractivity contribution in [3.63, 3.8) is 0 Å². The van der Waals surface area contributed by atoms with Crippen LogP contribution >= 0.6 is 0 Å². The zero-order chi connectivity index (χ0) is 17.7. The van der Waals surface area contributed by atoms with Crippen molar-refractivity contribution >= 4 is 18.4 Å². The quantitative estimate of drug-likeness (QED) is 0.187. The Hall–Kier alpha value is 0.539. The Morgan fingerprint density at radius 3 is 1.62 bits per heavy atom. The van der Waals surface area contributed by atoms with E-state index in [-0.39, 0.29) is 0 Å². The Balaban J connectivity index is 3.09. The van der Waals surface area contributed by atoms with Gasteiger partial charge in [-0.1, -0.05) is 0 Å². The molecule has 24 heavy (non-hydrogen) atoms. The first-order valence-electron chi connectivity index (χ1n) is 11.4. The van der Waals surface area contributed by atoms with Gasteiger partial charge in [-0.3, -0.25) is 0 Å². The normalized spacial score (nSPS) is 16.9. The van der Waals surface area contributed by atoms with Crippen molar-refractivity contribution in [2.75, 3.05) is 0 Å². The van der Waals surface area contributed by atoms with Crippen molar-refractivity contribution in [1.82, 2.24) is 0 Å². The van der Waals surface area contributed by atoms with Crippen molar-refractivity contribution in [3.05, 3.63) is 9.67 Å². The summed E-state index contributed by atoms with van der Waals surface area (Å²) < 4.78 is 7.14. The Morgan fingerprint density at radius 1 is 0.750 bits per heavy atom. The fourth-order valence-electron chi connectivity index (χ4n) is 4.87. The summed E-state index contributed by atoms with van der Waals surface area (Å²) in [5.41, 5.74) is 0. The van der Waals surface area contributed by atoms with E-state index in [0.717, 1.165) is 5.92 Å². The maximum atomic E-state index is 2.84. The number of allylic oxidation sites excluding steroid dienone is 2. The first kappa shape index (κ1) is 22.6. The Kier molecular flexibility index (Phi) is 12.9. The van der Waals surface area contributed by atoms with Gasteiger partial charge < -0.3 is 0 Å². The van der Waals surface area contributed by atoms with Crippen LogP contribution in [0.25, 0.3) is 0 Å². The summed E-state index contributed by atoms with van der Waals surface area (Å²) in [6.45, 7) is 9.58. The van der Waals surface area contributed by atoms with Gasteiger partial charge in [-0.05, 0) is 0 Å². The van der Waals surface area contributed by atoms with Gasteiger partial charge in [0.1, 0.15) is 0 Å². The molecule has 0 aliphatic heterocycles. The van der Waals surface area contributed by atoms with Gasteiger partial charge in [0.05, 0.1) is 0 Å². The van der Waals surface area contributed by atoms with E-state index in [1.165, 1.54) is 83.5 Å². The molecule has 0 aromatic rings. The Labute approximate surface area is 158 Å². The molecule has 1 fully saturated rings. The predicted molar refractivity (Wildman–Crippen MR) is 114 cm³/mol. The van der Waals surface area contributed by atoms with Crippen LogP contribution in [0.3, 0.4) is 0 Å². The van der Waals surface area contributed by atoms with E-state index in [1.807, 2.05) is 0 Å². The first-order chi connectivity index (χ1) is 11.7. The fraction of sp³-hybridized carbons (Fsp3) is 0.913. The molecule has 142 valence electrons. The summed E-state index contributed by atoms with van der Waals surface area (Å²) in [6.07, 6.45) is 21.8. The second-order valence-corrected chi connectivity index (χ2v) is 21.6. The third kappa shape index (κ3) is 7.42. The van der Waals surface area contributed by atoms with Crippen molar-refractivity contribution < 1.29 is 0 Å². The van der Waals surface area contributed by atoms with E-state index >= 15 is 0 Å². The molecule has 0 saturated heterocycles. The van der Waals surface area contributed by atoms with E-state index in [1.54, 1.807) is 13.3 Å². The molecule has 0 aromatic heterocycles. The van der Waals surface area contributed by atoms with Crippen LogP contribution in [0.15, 0.2) is 9.67 Å². The van der Waals surface area contributed by atoms with Gasteiger partial charge in [0, 0.05) is 0 Å². The summed E-state index contributed by atoms with van der Waals surface area (Å²) in [4.78, 5) is 0. The van der Waals surface area contributed by atoms with Crippen LogP contribution in [0.4, 0.5) is 0 Å². The number of hydrogen-bond acceptors (Lipinski definition) is 0. The van der Waals surface area contributed by atoms with Crippen molar-refractivity contribution in [2.45, 2.75) is 124 Å². The standard InChI is InChI=1S/C11H19.3C4H9.Sn/c1-2-3-4-5-8-11-9-6-7-10-11;3*1-3-4-2;/h5,11H,2-4,6-7,9-10H2,1H3;3*1,3-4H2,2H3;. The molecule has 0 bridgehead atoms. The van der Waals surface area contributed by atoms with Crippen molar-refractivity contribution in [2.24, 2.45) is 5.92 Å². The third-order valence-electron chi connectivity index (χ3n) is 6.36. The topological polar surface area (TPSA) is 0 Å². The van der Waals surface area contributed by atoms with Gasteiger partial charge in [-0.15, -0.1) is 0 Å². The van der Waals surface area contributed by atoms with Crippen molar-refractivity contribution in [1.29, 1.82) is 0 Å². The molecule has 1 aliphatic rings. The molecule has 0 atom stereocenters. The van der Waals surface area contributed by atoms with Crippen LogP contribution in [-0.2, 0) is 0 Å². The van der Waals surface area contributed by atoms with E-state index in [4.69, 9.17) is 0 Å². The fourth-order valence-corrected chi connectivity index (χ4v) is 23.2. The van der Waals surface area contributed by atoms with E-state index in [9.17, 15) is 0 Å². The Morgan fingerprint density at radius 2 is 1.21 bits per heavy atom. The van der Waals surface area contributed by atoms with Gasteiger partial charge >= 0.3 is 158 Å². The molecule has 1 saturated carbocycles. The molecule has 1 heteroatoms. The second-order valence-electron chi connectivity index (χ2n) is 8.37. The minimum absolute atomic E-state index is 1.02. The summed E-state index contributed by atoms with van der Waals surface area (Å²) >= 11 is -2.16. The van der Waals surface area contributed by atoms with Gasteiger partial charge in [-0.25, -0.2) is 0 Å². The van der Waals surface area contributed by atoms with Crippen LogP contribution in [-0.4, -0.2) is 18.4 Å². The van der Waals surface area contributed by atoms with Gasteiger partial charge in [0.15, 0.2) is 0 Å². The molecule has 1 aliphatic carbocycles. The number of hydrogen-bond donors (Lipinski definition) is 0. The average molecular weight is 441 g/mol. The van der Waals surface area contributed by atoms with Gasteiger partial charge in [0.2, 0.25) is 0 Å². The second kappa shape index (κ2) is 13.7. The molecule has 0 aromatic carbocycles. The summed E-state index contributed by atoms with van der Waals surface area (Å²) in [5, 5.41) is 0. The van der Waals surface area contributed by atoms with Crippen LogP contribution in [0.2, 0.25) is 13.3 Å². The molecule has 0 N–H and O–H groups in total. The monoisotopic (exact) mass is 442 g/mol. The molecule has 0 amide bonds. The third-order valence-corrected chi connectivity index (χ3v) is 22.8. The Bertz CT molecular complexity index is 303. The molecule has 0 radical (unpaired) electrons. The summed E-state index contributed by atoms with van der Waals surface area (Å²) in [7, 11) is 0. The SMILES string of the molecule is CCCC/C=[C](/C1CCCC1)[Sn]([CH2]CCC)([CH2]CCC)[CH2]CCC. The summed E-state index contributed by atoms with van der Waals surface area (Å²) in [6, 6.07) is 0. The molecular formula is C23H46Sn. The number of unbranched alkanes of at least 4 members (excludes halogenated alkanes) is 5. The van der Waals surface area contributed by atoms with Gasteiger partial charge in [-0.2, -0.15) is 0 Å². The molecular weight excluding hydrogens is 395 g/mol.